The van der Waals surface area contributed by atoms with E-state index < -0.39 is 5.54 Å². The van der Waals surface area contributed by atoms with E-state index in [1.807, 2.05) is 18.2 Å². The van der Waals surface area contributed by atoms with Gasteiger partial charge in [0.05, 0.1) is 12.6 Å². The topological polar surface area (TPSA) is 51.1 Å². The molecule has 1 aliphatic heterocycles. The van der Waals surface area contributed by atoms with Crippen LogP contribution < -0.4 is 9.47 Å². The molecule has 5 heteroatoms. The van der Waals surface area contributed by atoms with Gasteiger partial charge in [-0.05, 0) is 44.0 Å². The van der Waals surface area contributed by atoms with Gasteiger partial charge in [-0.25, -0.2) is 4.79 Å². The van der Waals surface area contributed by atoms with E-state index in [9.17, 15) is 4.79 Å². The fourth-order valence-electron chi connectivity index (χ4n) is 3.02. The summed E-state index contributed by atoms with van der Waals surface area (Å²) in [7, 11) is 3.70. The van der Waals surface area contributed by atoms with E-state index >= 15 is 0 Å². The van der Waals surface area contributed by atoms with Gasteiger partial charge in [0.15, 0.2) is 11.5 Å². The van der Waals surface area contributed by atoms with Crippen molar-refractivity contribution < 1.29 is 14.3 Å². The molecule has 0 amide bonds. The van der Waals surface area contributed by atoms with Crippen molar-refractivity contribution in [3.63, 3.8) is 0 Å². The molecule has 1 saturated heterocycles. The summed E-state index contributed by atoms with van der Waals surface area (Å²) in [5, 5.41) is 0. The normalized spacial score (nSPS) is 20.9. The molecular formula is C16H20N2O3. The van der Waals surface area contributed by atoms with E-state index in [1.165, 1.54) is 0 Å². The van der Waals surface area contributed by atoms with E-state index in [1.54, 1.807) is 13.2 Å². The van der Waals surface area contributed by atoms with Gasteiger partial charge in [0.1, 0.15) is 6.10 Å². The highest BCUT2D eigenvalue weighted by Gasteiger charge is 2.39. The molecule has 1 aromatic rings. The number of likely N-dealkylation sites (tertiary alicyclic amines) is 1. The van der Waals surface area contributed by atoms with Gasteiger partial charge in [-0.15, -0.1) is 0 Å². The minimum atomic E-state index is -0.400. The molecule has 5 nitrogen and oxygen atoms in total. The lowest BCUT2D eigenvalue weighted by atomic mass is 9.72. The first-order valence-corrected chi connectivity index (χ1v) is 7.29. The van der Waals surface area contributed by atoms with Crippen molar-refractivity contribution in [1.29, 1.82) is 0 Å². The summed E-state index contributed by atoms with van der Waals surface area (Å²) in [6, 6.07) is 5.84. The van der Waals surface area contributed by atoms with Crippen molar-refractivity contribution in [1.82, 2.24) is 4.90 Å². The highest BCUT2D eigenvalue weighted by atomic mass is 16.5. The fourth-order valence-corrected chi connectivity index (χ4v) is 3.02. The zero-order chi connectivity index (χ0) is 14.9. The van der Waals surface area contributed by atoms with Gasteiger partial charge in [-0.2, -0.15) is 4.99 Å². The van der Waals surface area contributed by atoms with Crippen LogP contribution in [0.1, 0.15) is 24.8 Å². The van der Waals surface area contributed by atoms with Gasteiger partial charge < -0.3 is 9.47 Å². The van der Waals surface area contributed by atoms with Gasteiger partial charge in [0, 0.05) is 13.1 Å². The molecule has 0 radical (unpaired) electrons. The van der Waals surface area contributed by atoms with Gasteiger partial charge in [-0.3, -0.25) is 4.90 Å². The Morgan fingerprint density at radius 1 is 1.33 bits per heavy atom. The average Bonchev–Trinajstić information content (AvgIpc) is 2.41. The van der Waals surface area contributed by atoms with Gasteiger partial charge >= 0.3 is 0 Å². The largest absolute Gasteiger partial charge is 0.493 e. The molecule has 21 heavy (non-hydrogen) atoms. The van der Waals surface area contributed by atoms with Crippen LogP contribution in [0.2, 0.25) is 0 Å². The number of aliphatic imine (C=N–C) groups is 1. The molecule has 1 aromatic carbocycles. The maximum atomic E-state index is 10.7. The summed E-state index contributed by atoms with van der Waals surface area (Å²) < 4.78 is 11.4. The minimum Gasteiger partial charge on any atom is -0.493 e. The number of hydrogen-bond donors (Lipinski definition) is 0. The van der Waals surface area contributed by atoms with Crippen LogP contribution in [0.3, 0.4) is 0 Å². The highest BCUT2D eigenvalue weighted by Crippen LogP contribution is 2.46. The number of isocyanates is 1. The second kappa shape index (κ2) is 5.51. The predicted octanol–water partition coefficient (Wildman–Crippen LogP) is 2.10. The first kappa shape index (κ1) is 14.1. The molecule has 0 spiro atoms. The first-order valence-electron chi connectivity index (χ1n) is 7.29. The second-order valence-electron chi connectivity index (χ2n) is 5.91. The molecular weight excluding hydrogens is 268 g/mol. The third kappa shape index (κ3) is 2.55. The monoisotopic (exact) mass is 288 g/mol. The smallest absolute Gasteiger partial charge is 0.235 e. The third-order valence-electron chi connectivity index (χ3n) is 4.47. The lowest BCUT2D eigenvalue weighted by Crippen LogP contribution is -2.51. The summed E-state index contributed by atoms with van der Waals surface area (Å²) in [5.41, 5.74) is 0.614. The molecule has 0 atom stereocenters. The molecule has 0 unspecified atom stereocenters. The van der Waals surface area contributed by atoms with Gasteiger partial charge in [-0.1, -0.05) is 6.07 Å². The Bertz CT molecular complexity index is 571. The summed E-state index contributed by atoms with van der Waals surface area (Å²) in [4.78, 5) is 17.0. The van der Waals surface area contributed by atoms with E-state index in [4.69, 9.17) is 9.47 Å². The SMILES string of the molecule is COc1ccc(C2(N=C=O)CCC2)cc1OC1CN(C)C1. The Hall–Kier alpha value is -1.84. The van der Waals surface area contributed by atoms with Crippen LogP contribution in [0.25, 0.3) is 0 Å². The van der Waals surface area contributed by atoms with E-state index in [-0.39, 0.29) is 6.10 Å². The molecule has 0 N–H and O–H groups in total. The number of carbonyl (C=O) groups excluding carboxylic acids is 1. The van der Waals surface area contributed by atoms with Crippen LogP contribution in [-0.2, 0) is 10.3 Å². The predicted molar refractivity (Wildman–Crippen MR) is 78.6 cm³/mol. The number of likely N-dealkylation sites (N-methyl/N-ethyl adjacent to an activating group) is 1. The Morgan fingerprint density at radius 2 is 2.10 bits per heavy atom. The number of nitrogens with zero attached hydrogens (tertiary/aromatic N) is 2. The molecule has 0 bridgehead atoms. The Balaban J connectivity index is 1.87. The van der Waals surface area contributed by atoms with Gasteiger partial charge in [0.2, 0.25) is 6.08 Å². The molecule has 1 heterocycles. The number of hydrogen-bond acceptors (Lipinski definition) is 5. The Kier molecular flexibility index (Phi) is 3.70. The number of benzene rings is 1. The van der Waals surface area contributed by atoms with Crippen molar-refractivity contribution in [3.05, 3.63) is 23.8 Å². The van der Waals surface area contributed by atoms with Crippen molar-refractivity contribution in [2.75, 3.05) is 27.2 Å². The maximum Gasteiger partial charge on any atom is 0.235 e. The maximum absolute atomic E-state index is 10.7. The Labute approximate surface area is 124 Å². The van der Waals surface area contributed by atoms with Crippen molar-refractivity contribution >= 4 is 6.08 Å². The number of methoxy groups -OCH3 is 1. The fraction of sp³-hybridized carbons (Fsp3) is 0.562. The van der Waals surface area contributed by atoms with Crippen LogP contribution in [0.15, 0.2) is 23.2 Å². The van der Waals surface area contributed by atoms with Crippen LogP contribution in [0.5, 0.6) is 11.5 Å². The standard InChI is InChI=1S/C16H20N2O3/c1-18-9-13(10-18)21-15-8-12(4-5-14(15)20-2)16(17-11-19)6-3-7-16/h4-5,8,13H,3,6-7,9-10H2,1-2H3. The zero-order valence-corrected chi connectivity index (χ0v) is 12.5. The third-order valence-corrected chi connectivity index (χ3v) is 4.47. The minimum absolute atomic E-state index is 0.200. The van der Waals surface area contributed by atoms with Gasteiger partial charge in [0.25, 0.3) is 0 Å². The van der Waals surface area contributed by atoms with Crippen molar-refractivity contribution in [3.8, 4) is 11.5 Å². The van der Waals surface area contributed by atoms with E-state index in [0.29, 0.717) is 0 Å². The second-order valence-corrected chi connectivity index (χ2v) is 5.91. The van der Waals surface area contributed by atoms with Crippen LogP contribution in [-0.4, -0.2) is 44.3 Å². The molecule has 1 saturated carbocycles. The Morgan fingerprint density at radius 3 is 2.62 bits per heavy atom. The number of rotatable bonds is 5. The zero-order valence-electron chi connectivity index (χ0n) is 12.5. The summed E-state index contributed by atoms with van der Waals surface area (Å²) in [5.74, 6) is 1.46. The molecule has 2 aliphatic rings. The van der Waals surface area contributed by atoms with E-state index in [2.05, 4.69) is 16.9 Å². The molecule has 2 fully saturated rings. The first-order chi connectivity index (χ1) is 10.2. The van der Waals surface area contributed by atoms with Crippen LogP contribution in [0, 0.1) is 0 Å². The molecule has 1 aliphatic carbocycles. The molecule has 3 rings (SSSR count). The van der Waals surface area contributed by atoms with Crippen LogP contribution in [0.4, 0.5) is 0 Å². The summed E-state index contributed by atoms with van der Waals surface area (Å²) in [6.07, 6.45) is 4.78. The molecule has 0 aromatic heterocycles. The lowest BCUT2D eigenvalue weighted by molar-refractivity contribution is 0.0367. The van der Waals surface area contributed by atoms with Crippen molar-refractivity contribution in [2.24, 2.45) is 4.99 Å². The highest BCUT2D eigenvalue weighted by molar-refractivity contribution is 5.47. The van der Waals surface area contributed by atoms with Crippen LogP contribution >= 0.6 is 0 Å². The van der Waals surface area contributed by atoms with E-state index in [0.717, 1.165) is 49.4 Å². The average molecular weight is 288 g/mol. The molecule has 112 valence electrons. The quantitative estimate of drug-likeness (QED) is 0.615. The summed E-state index contributed by atoms with van der Waals surface area (Å²) in [6.45, 7) is 1.84. The number of ether oxygens (including phenoxy) is 2. The van der Waals surface area contributed by atoms with Crippen molar-refractivity contribution in [2.45, 2.75) is 30.9 Å². The lowest BCUT2D eigenvalue weighted by Gasteiger charge is -2.38. The summed E-state index contributed by atoms with van der Waals surface area (Å²) >= 11 is 0.